The van der Waals surface area contributed by atoms with Crippen molar-refractivity contribution in [3.8, 4) is 0 Å². The summed E-state index contributed by atoms with van der Waals surface area (Å²) < 4.78 is 1.70. The van der Waals surface area contributed by atoms with Crippen LogP contribution in [0.25, 0.3) is 11.0 Å². The monoisotopic (exact) mass is 433 g/mol. The average molecular weight is 433 g/mol. The van der Waals surface area contributed by atoms with Crippen LogP contribution in [0.4, 0.5) is 11.4 Å². The van der Waals surface area contributed by atoms with Gasteiger partial charge in [-0.1, -0.05) is 12.1 Å². The second kappa shape index (κ2) is 8.75. The number of para-hydroxylation sites is 2. The highest BCUT2D eigenvalue weighted by atomic mass is 32.2. The van der Waals surface area contributed by atoms with Crippen molar-refractivity contribution in [3.63, 3.8) is 0 Å². The van der Waals surface area contributed by atoms with Crippen LogP contribution in [0, 0.1) is 20.2 Å². The number of imidazole rings is 1. The van der Waals surface area contributed by atoms with Crippen LogP contribution < -0.4 is 5.32 Å². The molecule has 0 saturated carbocycles. The Morgan fingerprint density at radius 3 is 2.60 bits per heavy atom. The zero-order valence-electron chi connectivity index (χ0n) is 15.9. The number of non-ortho nitro benzene ring substituents is 1. The van der Waals surface area contributed by atoms with Gasteiger partial charge in [0.25, 0.3) is 11.4 Å². The molecule has 3 rings (SSSR count). The van der Waals surface area contributed by atoms with Gasteiger partial charge >= 0.3 is 0 Å². The quantitative estimate of drug-likeness (QED) is 0.262. The number of rotatable bonds is 9. The molecule has 2 aromatic carbocycles. The minimum absolute atomic E-state index is 0.0522. The number of hydrogen-bond donors (Lipinski definition) is 3. The van der Waals surface area contributed by atoms with E-state index in [1.54, 1.807) is 35.8 Å². The number of nitro groups is 2. The van der Waals surface area contributed by atoms with Gasteiger partial charge in [-0.15, -0.1) is 0 Å². The molecule has 0 radical (unpaired) electrons. The number of benzene rings is 2. The molecule has 0 bridgehead atoms. The van der Waals surface area contributed by atoms with Crippen molar-refractivity contribution in [2.24, 2.45) is 0 Å². The third-order valence-electron chi connectivity index (χ3n) is 4.25. The first-order valence-corrected chi connectivity index (χ1v) is 9.68. The first kappa shape index (κ1) is 21.6. The van der Waals surface area contributed by atoms with Crippen LogP contribution in [0.2, 0.25) is 0 Å². The lowest BCUT2D eigenvalue weighted by Crippen LogP contribution is -2.47. The van der Waals surface area contributed by atoms with Gasteiger partial charge in [0, 0.05) is 12.6 Å². The fourth-order valence-electron chi connectivity index (χ4n) is 2.92. The van der Waals surface area contributed by atoms with Crippen molar-refractivity contribution in [2.45, 2.75) is 29.2 Å². The average Bonchev–Trinajstić information content (AvgIpc) is 3.03. The second-order valence-electron chi connectivity index (χ2n) is 6.66. The van der Waals surface area contributed by atoms with Crippen LogP contribution in [0.1, 0.15) is 6.92 Å². The maximum Gasteiger partial charge on any atom is 0.290 e. The molecule has 0 amide bonds. The first-order valence-electron chi connectivity index (χ1n) is 8.86. The van der Waals surface area contributed by atoms with Crippen molar-refractivity contribution in [3.05, 3.63) is 62.7 Å². The zero-order chi connectivity index (χ0) is 21.9. The molecule has 158 valence electrons. The molecule has 0 fully saturated rings. The molecule has 0 aliphatic heterocycles. The van der Waals surface area contributed by atoms with Crippen molar-refractivity contribution in [1.82, 2.24) is 14.9 Å². The number of aliphatic hydroxyl groups is 2. The van der Waals surface area contributed by atoms with Gasteiger partial charge in [-0.2, -0.15) is 0 Å². The smallest absolute Gasteiger partial charge is 0.290 e. The predicted molar refractivity (Wildman–Crippen MR) is 109 cm³/mol. The molecular formula is C18H19N5O6S. The second-order valence-corrected chi connectivity index (χ2v) is 7.67. The Balaban J connectivity index is 2.04. The maximum atomic E-state index is 11.5. The summed E-state index contributed by atoms with van der Waals surface area (Å²) in [4.78, 5) is 25.8. The number of hydrogen-bond acceptors (Lipinski definition) is 9. The van der Waals surface area contributed by atoms with E-state index in [4.69, 9.17) is 5.11 Å². The summed E-state index contributed by atoms with van der Waals surface area (Å²) in [5, 5.41) is 45.3. The van der Waals surface area contributed by atoms with Gasteiger partial charge in [-0.05, 0) is 36.9 Å². The lowest BCUT2D eigenvalue weighted by molar-refractivity contribution is -0.396. The predicted octanol–water partition coefficient (Wildman–Crippen LogP) is 2.29. The van der Waals surface area contributed by atoms with Crippen LogP contribution in [-0.2, 0) is 6.54 Å². The van der Waals surface area contributed by atoms with Crippen LogP contribution in [0.15, 0.2) is 52.5 Å². The molecule has 0 aliphatic carbocycles. The van der Waals surface area contributed by atoms with Gasteiger partial charge in [-0.3, -0.25) is 25.5 Å². The highest BCUT2D eigenvalue weighted by Gasteiger charge is 2.26. The SMILES string of the molecule is CC(O)(Cn1c(Sc2ccc([N+](=O)[O-])cc2[N+](=O)[O-])nc2ccccc21)NCCO. The summed E-state index contributed by atoms with van der Waals surface area (Å²) in [5.74, 6) is 0. The molecule has 30 heavy (non-hydrogen) atoms. The fraction of sp³-hybridized carbons (Fsp3) is 0.278. The molecular weight excluding hydrogens is 414 g/mol. The van der Waals surface area contributed by atoms with Crippen molar-refractivity contribution >= 4 is 34.2 Å². The zero-order valence-corrected chi connectivity index (χ0v) is 16.7. The standard InChI is InChI=1S/C18H19N5O6S/c1-18(25,19-8-9-24)11-21-14-5-3-2-4-13(14)20-17(21)30-16-7-6-12(22(26)27)10-15(16)23(28)29/h2-7,10,19,24-25H,8-9,11H2,1H3. The number of nitrogens with zero attached hydrogens (tertiary/aromatic N) is 4. The van der Waals surface area contributed by atoms with Gasteiger partial charge < -0.3 is 14.8 Å². The van der Waals surface area contributed by atoms with Crippen LogP contribution >= 0.6 is 11.8 Å². The number of nitro benzene ring substituents is 2. The molecule has 0 saturated heterocycles. The summed E-state index contributed by atoms with van der Waals surface area (Å²) in [6, 6.07) is 10.6. The number of fused-ring (bicyclic) bond motifs is 1. The van der Waals surface area contributed by atoms with Crippen molar-refractivity contribution in [1.29, 1.82) is 0 Å². The normalized spacial score (nSPS) is 13.3. The molecule has 3 aromatic rings. The van der Waals surface area contributed by atoms with E-state index in [9.17, 15) is 25.3 Å². The van der Waals surface area contributed by atoms with Crippen LogP contribution in [0.5, 0.6) is 0 Å². The van der Waals surface area contributed by atoms with E-state index in [2.05, 4.69) is 10.3 Å². The van der Waals surface area contributed by atoms with E-state index < -0.39 is 21.3 Å². The Bertz CT molecular complexity index is 1100. The Morgan fingerprint density at radius 2 is 1.93 bits per heavy atom. The van der Waals surface area contributed by atoms with E-state index in [1.165, 1.54) is 12.1 Å². The Morgan fingerprint density at radius 1 is 1.20 bits per heavy atom. The Hall–Kier alpha value is -3.06. The molecule has 1 unspecified atom stereocenters. The molecule has 3 N–H and O–H groups in total. The number of aliphatic hydroxyl groups excluding tert-OH is 1. The minimum atomic E-state index is -1.39. The summed E-state index contributed by atoms with van der Waals surface area (Å²) in [6.45, 7) is 1.62. The third-order valence-corrected chi connectivity index (χ3v) is 5.31. The lowest BCUT2D eigenvalue weighted by atomic mass is 10.2. The van der Waals surface area contributed by atoms with Crippen LogP contribution in [0.3, 0.4) is 0 Å². The highest BCUT2D eigenvalue weighted by Crippen LogP contribution is 2.38. The molecule has 1 heterocycles. The molecule has 0 aliphatic rings. The molecule has 11 nitrogen and oxygen atoms in total. The van der Waals surface area contributed by atoms with Crippen LogP contribution in [-0.4, -0.2) is 48.5 Å². The fourth-order valence-corrected chi connectivity index (χ4v) is 3.91. The third kappa shape index (κ3) is 4.74. The summed E-state index contributed by atoms with van der Waals surface area (Å²) >= 11 is 0.979. The molecule has 0 spiro atoms. The Labute approximate surface area is 174 Å². The highest BCUT2D eigenvalue weighted by molar-refractivity contribution is 7.99. The van der Waals surface area contributed by atoms with Gasteiger partial charge in [0.2, 0.25) is 0 Å². The number of nitrogens with one attached hydrogen (secondary N) is 1. The van der Waals surface area contributed by atoms with Gasteiger partial charge in [-0.25, -0.2) is 4.98 Å². The largest absolute Gasteiger partial charge is 0.395 e. The van der Waals surface area contributed by atoms with Crippen molar-refractivity contribution in [2.75, 3.05) is 13.2 Å². The maximum absolute atomic E-state index is 11.5. The van der Waals surface area contributed by atoms with E-state index in [0.29, 0.717) is 16.2 Å². The lowest BCUT2D eigenvalue weighted by Gasteiger charge is -2.26. The van der Waals surface area contributed by atoms with Gasteiger partial charge in [0.1, 0.15) is 5.72 Å². The summed E-state index contributed by atoms with van der Waals surface area (Å²) in [7, 11) is 0. The number of aromatic nitrogens is 2. The van der Waals surface area contributed by atoms with E-state index in [0.717, 1.165) is 17.8 Å². The van der Waals surface area contributed by atoms with E-state index in [1.807, 2.05) is 0 Å². The van der Waals surface area contributed by atoms with Gasteiger partial charge in [0.05, 0.1) is 45.0 Å². The molecule has 1 atom stereocenters. The Kier molecular flexibility index (Phi) is 6.31. The van der Waals surface area contributed by atoms with E-state index in [-0.39, 0.29) is 30.3 Å². The van der Waals surface area contributed by atoms with E-state index >= 15 is 0 Å². The van der Waals surface area contributed by atoms with Crippen molar-refractivity contribution < 1.29 is 20.1 Å². The summed E-state index contributed by atoms with van der Waals surface area (Å²) in [6.07, 6.45) is 0. The molecule has 12 heteroatoms. The summed E-state index contributed by atoms with van der Waals surface area (Å²) in [5.41, 5.74) is -0.838. The first-order chi connectivity index (χ1) is 14.2. The minimum Gasteiger partial charge on any atom is -0.395 e. The topological polar surface area (TPSA) is 157 Å². The van der Waals surface area contributed by atoms with Gasteiger partial charge in [0.15, 0.2) is 5.16 Å². The molecule has 1 aromatic heterocycles.